The SMILES string of the molecule is CC1CC(NC(=O)CCCCO)CCN1C. The minimum atomic E-state index is 0.134. The van der Waals surface area contributed by atoms with Gasteiger partial charge in [0.1, 0.15) is 0 Å². The van der Waals surface area contributed by atoms with Gasteiger partial charge in [-0.3, -0.25) is 4.79 Å². The van der Waals surface area contributed by atoms with Gasteiger partial charge in [0, 0.05) is 31.7 Å². The Hall–Kier alpha value is -0.610. The van der Waals surface area contributed by atoms with Crippen molar-refractivity contribution in [3.8, 4) is 0 Å². The molecule has 0 aromatic rings. The first-order valence-electron chi connectivity index (χ1n) is 6.24. The maximum Gasteiger partial charge on any atom is 0.220 e. The largest absolute Gasteiger partial charge is 0.396 e. The molecule has 1 rings (SSSR count). The molecule has 1 fully saturated rings. The van der Waals surface area contributed by atoms with Crippen LogP contribution in [0.4, 0.5) is 0 Å². The highest BCUT2D eigenvalue weighted by molar-refractivity contribution is 5.76. The van der Waals surface area contributed by atoms with Crippen LogP contribution in [0.25, 0.3) is 0 Å². The van der Waals surface area contributed by atoms with Crippen LogP contribution in [0, 0.1) is 0 Å². The molecule has 2 N–H and O–H groups in total. The van der Waals surface area contributed by atoms with Gasteiger partial charge in [-0.15, -0.1) is 0 Å². The van der Waals surface area contributed by atoms with Crippen LogP contribution in [-0.4, -0.2) is 48.2 Å². The Bertz CT molecular complexity index is 221. The summed E-state index contributed by atoms with van der Waals surface area (Å²) in [5.74, 6) is 0.134. The highest BCUT2D eigenvalue weighted by Gasteiger charge is 2.23. The van der Waals surface area contributed by atoms with Crippen LogP contribution < -0.4 is 5.32 Å². The number of aliphatic hydroxyl groups excluding tert-OH is 1. The van der Waals surface area contributed by atoms with Crippen molar-refractivity contribution < 1.29 is 9.90 Å². The summed E-state index contributed by atoms with van der Waals surface area (Å²) < 4.78 is 0. The number of piperidine rings is 1. The van der Waals surface area contributed by atoms with E-state index in [2.05, 4.69) is 24.2 Å². The lowest BCUT2D eigenvalue weighted by Gasteiger charge is -2.35. The summed E-state index contributed by atoms with van der Waals surface area (Å²) in [6.07, 6.45) is 4.14. The van der Waals surface area contributed by atoms with E-state index in [1.165, 1.54) is 0 Å². The molecule has 1 heterocycles. The zero-order chi connectivity index (χ0) is 12.0. The third-order valence-corrected chi connectivity index (χ3v) is 3.39. The number of carbonyl (C=O) groups excluding carboxylic acids is 1. The maximum atomic E-state index is 11.6. The van der Waals surface area contributed by atoms with Crippen molar-refractivity contribution in [1.29, 1.82) is 0 Å². The van der Waals surface area contributed by atoms with Crippen molar-refractivity contribution in [3.05, 3.63) is 0 Å². The molecule has 0 aromatic carbocycles. The first-order chi connectivity index (χ1) is 7.63. The molecular formula is C12H24N2O2. The van der Waals surface area contributed by atoms with Gasteiger partial charge in [-0.1, -0.05) is 0 Å². The fraction of sp³-hybridized carbons (Fsp3) is 0.917. The first kappa shape index (κ1) is 13.5. The summed E-state index contributed by atoms with van der Waals surface area (Å²) in [6.45, 7) is 3.44. The molecule has 1 aliphatic rings. The number of amides is 1. The second kappa shape index (κ2) is 6.86. The fourth-order valence-corrected chi connectivity index (χ4v) is 2.12. The van der Waals surface area contributed by atoms with Gasteiger partial charge < -0.3 is 15.3 Å². The van der Waals surface area contributed by atoms with Gasteiger partial charge in [0.05, 0.1) is 0 Å². The molecular weight excluding hydrogens is 204 g/mol. The van der Waals surface area contributed by atoms with Crippen LogP contribution in [0.5, 0.6) is 0 Å². The minimum Gasteiger partial charge on any atom is -0.396 e. The second-order valence-electron chi connectivity index (χ2n) is 4.80. The lowest BCUT2D eigenvalue weighted by Crippen LogP contribution is -2.47. The van der Waals surface area contributed by atoms with E-state index in [4.69, 9.17) is 5.11 Å². The van der Waals surface area contributed by atoms with Crippen LogP contribution in [-0.2, 0) is 4.79 Å². The van der Waals surface area contributed by atoms with E-state index in [1.54, 1.807) is 0 Å². The van der Waals surface area contributed by atoms with Gasteiger partial charge in [-0.2, -0.15) is 0 Å². The number of hydrogen-bond donors (Lipinski definition) is 2. The van der Waals surface area contributed by atoms with Gasteiger partial charge >= 0.3 is 0 Å². The van der Waals surface area contributed by atoms with E-state index in [1.807, 2.05) is 0 Å². The van der Waals surface area contributed by atoms with Gasteiger partial charge in [-0.05, 0) is 39.7 Å². The highest BCUT2D eigenvalue weighted by atomic mass is 16.2. The van der Waals surface area contributed by atoms with Crippen LogP contribution in [0.2, 0.25) is 0 Å². The molecule has 1 amide bonds. The number of carbonyl (C=O) groups is 1. The Morgan fingerprint density at radius 2 is 2.25 bits per heavy atom. The molecule has 16 heavy (non-hydrogen) atoms. The van der Waals surface area contributed by atoms with E-state index < -0.39 is 0 Å². The average molecular weight is 228 g/mol. The number of nitrogens with one attached hydrogen (secondary N) is 1. The van der Waals surface area contributed by atoms with Crippen molar-refractivity contribution in [2.75, 3.05) is 20.2 Å². The molecule has 0 aliphatic carbocycles. The number of nitrogens with zero attached hydrogens (tertiary/aromatic N) is 1. The lowest BCUT2D eigenvalue weighted by molar-refractivity contribution is -0.122. The normalized spacial score (nSPS) is 26.7. The van der Waals surface area contributed by atoms with Gasteiger partial charge in [0.2, 0.25) is 5.91 Å². The summed E-state index contributed by atoms with van der Waals surface area (Å²) in [6, 6.07) is 0.893. The quantitative estimate of drug-likeness (QED) is 0.683. The molecule has 0 radical (unpaired) electrons. The fourth-order valence-electron chi connectivity index (χ4n) is 2.12. The molecule has 4 heteroatoms. The molecule has 2 atom stereocenters. The van der Waals surface area contributed by atoms with E-state index in [9.17, 15) is 4.79 Å². The van der Waals surface area contributed by atoms with Crippen molar-refractivity contribution in [3.63, 3.8) is 0 Å². The maximum absolute atomic E-state index is 11.6. The molecule has 1 saturated heterocycles. The Morgan fingerprint density at radius 1 is 1.50 bits per heavy atom. The summed E-state index contributed by atoms with van der Waals surface area (Å²) in [4.78, 5) is 13.9. The van der Waals surface area contributed by atoms with Gasteiger partial charge in [0.15, 0.2) is 0 Å². The molecule has 0 saturated carbocycles. The second-order valence-corrected chi connectivity index (χ2v) is 4.80. The Kier molecular flexibility index (Phi) is 5.77. The first-order valence-corrected chi connectivity index (χ1v) is 6.24. The lowest BCUT2D eigenvalue weighted by atomic mass is 9.99. The van der Waals surface area contributed by atoms with Crippen molar-refractivity contribution in [1.82, 2.24) is 10.2 Å². The summed E-state index contributed by atoms with van der Waals surface area (Å²) in [5, 5.41) is 11.7. The summed E-state index contributed by atoms with van der Waals surface area (Å²) >= 11 is 0. The van der Waals surface area contributed by atoms with Crippen LogP contribution in [0.1, 0.15) is 39.0 Å². The monoisotopic (exact) mass is 228 g/mol. The molecule has 94 valence electrons. The number of aliphatic hydroxyl groups is 1. The zero-order valence-electron chi connectivity index (χ0n) is 10.4. The number of hydrogen-bond acceptors (Lipinski definition) is 3. The number of rotatable bonds is 5. The molecule has 4 nitrogen and oxygen atoms in total. The average Bonchev–Trinajstić information content (AvgIpc) is 2.24. The van der Waals surface area contributed by atoms with Crippen LogP contribution in [0.15, 0.2) is 0 Å². The van der Waals surface area contributed by atoms with E-state index in [0.29, 0.717) is 18.5 Å². The Morgan fingerprint density at radius 3 is 2.88 bits per heavy atom. The van der Waals surface area contributed by atoms with Gasteiger partial charge in [0.25, 0.3) is 0 Å². The Balaban J connectivity index is 2.19. The predicted octanol–water partition coefficient (Wildman–Crippen LogP) is 0.748. The van der Waals surface area contributed by atoms with Crippen LogP contribution in [0.3, 0.4) is 0 Å². The minimum absolute atomic E-state index is 0.134. The topological polar surface area (TPSA) is 52.6 Å². The van der Waals surface area contributed by atoms with E-state index >= 15 is 0 Å². The summed E-state index contributed by atoms with van der Waals surface area (Å²) in [7, 11) is 2.13. The smallest absolute Gasteiger partial charge is 0.220 e. The third kappa shape index (κ3) is 4.49. The highest BCUT2D eigenvalue weighted by Crippen LogP contribution is 2.15. The number of likely N-dealkylation sites (tertiary alicyclic amines) is 1. The van der Waals surface area contributed by atoms with Crippen molar-refractivity contribution in [2.45, 2.75) is 51.1 Å². The standard InChI is InChI=1S/C12H24N2O2/c1-10-9-11(6-7-14(10)2)13-12(16)5-3-4-8-15/h10-11,15H,3-9H2,1-2H3,(H,13,16). The van der Waals surface area contributed by atoms with E-state index in [-0.39, 0.29) is 12.5 Å². The third-order valence-electron chi connectivity index (χ3n) is 3.39. The molecule has 1 aliphatic heterocycles. The zero-order valence-corrected chi connectivity index (χ0v) is 10.4. The molecule has 0 spiro atoms. The van der Waals surface area contributed by atoms with Crippen molar-refractivity contribution >= 4 is 5.91 Å². The summed E-state index contributed by atoms with van der Waals surface area (Å²) in [5.41, 5.74) is 0. The molecule has 0 aromatic heterocycles. The molecule has 0 bridgehead atoms. The number of unbranched alkanes of at least 4 members (excludes halogenated alkanes) is 1. The van der Waals surface area contributed by atoms with Gasteiger partial charge in [-0.25, -0.2) is 0 Å². The van der Waals surface area contributed by atoms with Crippen molar-refractivity contribution in [2.24, 2.45) is 0 Å². The predicted molar refractivity (Wildman–Crippen MR) is 64.2 cm³/mol. The molecule has 2 unspecified atom stereocenters. The Labute approximate surface area is 98.0 Å². The van der Waals surface area contributed by atoms with Crippen LogP contribution >= 0.6 is 0 Å². The van der Waals surface area contributed by atoms with E-state index in [0.717, 1.165) is 32.2 Å².